The first-order chi connectivity index (χ1) is 28.7. The molecule has 8 nitrogen and oxygen atoms in total. The first-order valence-corrected chi connectivity index (χ1v) is 19.6. The summed E-state index contributed by atoms with van der Waals surface area (Å²) in [6.07, 6.45) is 1.87. The Morgan fingerprint density at radius 2 is 1.15 bits per heavy atom. The molecule has 2 N–H and O–H groups in total. The number of aromatic nitrogens is 4. The van der Waals surface area contributed by atoms with Crippen molar-refractivity contribution in [2.45, 2.75) is 47.0 Å². The minimum atomic E-state index is -4.50. The van der Waals surface area contributed by atoms with Crippen LogP contribution in [0.4, 0.5) is 24.5 Å². The third-order valence-electron chi connectivity index (χ3n) is 10.1. The van der Waals surface area contributed by atoms with Gasteiger partial charge in [-0.05, 0) is 123 Å². The van der Waals surface area contributed by atoms with Crippen molar-refractivity contribution in [1.29, 1.82) is 0 Å². The van der Waals surface area contributed by atoms with E-state index in [9.17, 15) is 22.8 Å². The van der Waals surface area contributed by atoms with Gasteiger partial charge in [-0.15, -0.1) is 0 Å². The summed E-state index contributed by atoms with van der Waals surface area (Å²) in [6.45, 7) is 8.06. The summed E-state index contributed by atoms with van der Waals surface area (Å²) in [6, 6.07) is 29.1. The number of carbonyl (C=O) groups excluding carboxylic acids is 2. The van der Waals surface area contributed by atoms with Crippen molar-refractivity contribution in [3.63, 3.8) is 0 Å². The minimum absolute atomic E-state index is 0.122. The first kappa shape index (κ1) is 41.7. The molecule has 60 heavy (non-hydrogen) atoms. The van der Waals surface area contributed by atoms with Crippen molar-refractivity contribution in [1.82, 2.24) is 19.9 Å². The van der Waals surface area contributed by atoms with Crippen LogP contribution in [-0.2, 0) is 19.3 Å². The van der Waals surface area contributed by atoms with Gasteiger partial charge in [0.05, 0.1) is 29.4 Å². The minimum Gasteiger partial charge on any atom is -0.359 e. The van der Waals surface area contributed by atoms with Crippen LogP contribution in [-0.4, -0.2) is 31.8 Å². The molecule has 0 unspecified atom stereocenters. The molecule has 0 bridgehead atoms. The van der Waals surface area contributed by atoms with E-state index in [4.69, 9.17) is 23.2 Å². The van der Waals surface area contributed by atoms with Gasteiger partial charge in [0, 0.05) is 79.8 Å². The molecule has 0 spiro atoms. The zero-order valence-electron chi connectivity index (χ0n) is 33.0. The number of nitrogens with zero attached hydrogens (tertiary/aromatic N) is 4. The molecule has 0 atom stereocenters. The molecule has 8 rings (SSSR count). The molecule has 8 aromatic rings. The third kappa shape index (κ3) is 9.07. The van der Waals surface area contributed by atoms with E-state index >= 15 is 0 Å². The fourth-order valence-corrected chi connectivity index (χ4v) is 7.66. The maximum Gasteiger partial charge on any atom is 0.416 e. The van der Waals surface area contributed by atoms with Crippen LogP contribution in [0.3, 0.4) is 0 Å². The summed E-state index contributed by atoms with van der Waals surface area (Å²) < 4.78 is 40.0. The summed E-state index contributed by atoms with van der Waals surface area (Å²) in [5.41, 5.74) is 8.27. The van der Waals surface area contributed by atoms with E-state index < -0.39 is 11.7 Å². The van der Waals surface area contributed by atoms with Gasteiger partial charge < -0.3 is 19.8 Å². The van der Waals surface area contributed by atoms with Crippen LogP contribution in [0.15, 0.2) is 128 Å². The Hall–Kier alpha value is -6.43. The lowest BCUT2D eigenvalue weighted by atomic mass is 10.1. The molecule has 0 aliphatic carbocycles. The molecule has 0 fully saturated rings. The Kier molecular flexibility index (Phi) is 12.1. The number of anilines is 2. The number of aryl methyl sites for hydroxylation is 4. The van der Waals surface area contributed by atoms with E-state index in [1.165, 1.54) is 23.2 Å². The van der Waals surface area contributed by atoms with Crippen LogP contribution < -0.4 is 9.80 Å². The highest BCUT2D eigenvalue weighted by atomic mass is 35.5. The van der Waals surface area contributed by atoms with Gasteiger partial charge in [-0.2, -0.15) is 13.2 Å². The van der Waals surface area contributed by atoms with Crippen LogP contribution in [0.1, 0.15) is 59.9 Å². The topological polar surface area (TPSA) is 98.0 Å². The zero-order chi connectivity index (χ0) is 42.7. The molecule has 13 heteroatoms. The number of fused-ring (bicyclic) bond motifs is 2. The van der Waals surface area contributed by atoms with Crippen molar-refractivity contribution in [2.24, 2.45) is 0 Å². The van der Waals surface area contributed by atoms with Gasteiger partial charge in [0.1, 0.15) is 0 Å². The molecule has 0 saturated carbocycles. The van der Waals surface area contributed by atoms with Crippen LogP contribution in [0, 0.1) is 27.7 Å². The largest absolute Gasteiger partial charge is 0.416 e. The summed E-state index contributed by atoms with van der Waals surface area (Å²) in [5, 5.41) is 2.96. The zero-order valence-corrected chi connectivity index (χ0v) is 34.5. The number of H-pyrrole nitrogens is 2. The van der Waals surface area contributed by atoms with Gasteiger partial charge in [0.2, 0.25) is 0 Å². The number of pyridine rings is 2. The standard InChI is InChI=1S/C24H20F3N3O.C23H19Cl2N3O/c1-15-13-28-10-9-20(15)23(31)30(19-7-4-6-18(12-19)24(25,26)27)14-17-5-3-8-22-21(17)11-16(2)29-22;1-14-12-26-9-8-18(14)23(29)28(22-7-6-17(24)11-20(22)25)13-16-4-3-5-21-19(16)10-15(2)27-21/h3-13,29H,14H2,1-2H3;3-12,27H,13H2,1-2H3. The van der Waals surface area contributed by atoms with Gasteiger partial charge in [-0.25, -0.2) is 0 Å². The van der Waals surface area contributed by atoms with E-state index in [1.54, 1.807) is 60.7 Å². The fourth-order valence-electron chi connectivity index (χ4n) is 7.15. The van der Waals surface area contributed by atoms with Gasteiger partial charge in [0.25, 0.3) is 11.8 Å². The second-order valence-corrected chi connectivity index (χ2v) is 15.3. The lowest BCUT2D eigenvalue weighted by Crippen LogP contribution is -2.31. The number of hydrogen-bond acceptors (Lipinski definition) is 4. The van der Waals surface area contributed by atoms with Crippen LogP contribution >= 0.6 is 23.2 Å². The summed E-state index contributed by atoms with van der Waals surface area (Å²) in [5.74, 6) is -0.526. The SMILES string of the molecule is Cc1cc2c(CN(C(=O)c3ccncc3C)c3ccc(Cl)cc3Cl)cccc2[nH]1.Cc1cc2c(CN(C(=O)c3ccncc3C)c3cccc(C(F)(F)F)c3)cccc2[nH]1. The van der Waals surface area contributed by atoms with E-state index in [0.29, 0.717) is 39.0 Å². The highest BCUT2D eigenvalue weighted by Gasteiger charge is 2.32. The van der Waals surface area contributed by atoms with Crippen molar-refractivity contribution < 1.29 is 22.8 Å². The maximum atomic E-state index is 13.5. The Balaban J connectivity index is 0.000000182. The first-order valence-electron chi connectivity index (χ1n) is 18.9. The van der Waals surface area contributed by atoms with Crippen LogP contribution in [0.5, 0.6) is 0 Å². The van der Waals surface area contributed by atoms with Crippen molar-refractivity contribution >= 4 is 68.2 Å². The van der Waals surface area contributed by atoms with Crippen molar-refractivity contribution in [2.75, 3.05) is 9.80 Å². The number of aromatic amines is 2. The van der Waals surface area contributed by atoms with Gasteiger partial charge >= 0.3 is 6.18 Å². The third-order valence-corrected chi connectivity index (χ3v) is 10.7. The predicted octanol–water partition coefficient (Wildman–Crippen LogP) is 12.4. The second-order valence-electron chi connectivity index (χ2n) is 14.5. The summed E-state index contributed by atoms with van der Waals surface area (Å²) in [7, 11) is 0. The monoisotopic (exact) mass is 846 g/mol. The van der Waals surface area contributed by atoms with Gasteiger partial charge in [-0.3, -0.25) is 19.6 Å². The highest BCUT2D eigenvalue weighted by molar-refractivity contribution is 6.37. The number of carbonyl (C=O) groups is 2. The Morgan fingerprint density at radius 3 is 1.67 bits per heavy atom. The van der Waals surface area contributed by atoms with Gasteiger partial charge in [0.15, 0.2) is 0 Å². The molecule has 4 aromatic heterocycles. The summed E-state index contributed by atoms with van der Waals surface area (Å²) >= 11 is 12.6. The lowest BCUT2D eigenvalue weighted by molar-refractivity contribution is -0.137. The van der Waals surface area contributed by atoms with E-state index in [-0.39, 0.29) is 24.0 Å². The van der Waals surface area contributed by atoms with E-state index in [2.05, 4.69) is 26.0 Å². The molecule has 304 valence electrons. The molecule has 4 heterocycles. The Bertz CT molecular complexity index is 2870. The van der Waals surface area contributed by atoms with E-state index in [1.807, 2.05) is 63.2 Å². The summed E-state index contributed by atoms with van der Waals surface area (Å²) in [4.78, 5) is 44.8. The number of alkyl halides is 3. The maximum absolute atomic E-state index is 13.5. The molecule has 0 aliphatic rings. The Morgan fingerprint density at radius 1 is 0.633 bits per heavy atom. The lowest BCUT2D eigenvalue weighted by Gasteiger charge is -2.25. The van der Waals surface area contributed by atoms with Crippen molar-refractivity contribution in [3.8, 4) is 0 Å². The van der Waals surface area contributed by atoms with Gasteiger partial charge in [-0.1, -0.05) is 53.5 Å². The average Bonchev–Trinajstić information content (AvgIpc) is 3.81. The molecular weight excluding hydrogens is 808 g/mol. The number of amides is 2. The number of rotatable bonds is 8. The molecular formula is C47H39Cl2F3N6O2. The van der Waals surface area contributed by atoms with Crippen molar-refractivity contribution in [3.05, 3.63) is 188 Å². The highest BCUT2D eigenvalue weighted by Crippen LogP contribution is 2.35. The predicted molar refractivity (Wildman–Crippen MR) is 233 cm³/mol. The molecule has 0 aliphatic heterocycles. The second kappa shape index (κ2) is 17.4. The smallest absolute Gasteiger partial charge is 0.359 e. The van der Waals surface area contributed by atoms with Crippen LogP contribution in [0.2, 0.25) is 10.0 Å². The Labute approximate surface area is 354 Å². The average molecular weight is 848 g/mol. The molecule has 0 saturated heterocycles. The quantitative estimate of drug-likeness (QED) is 0.159. The van der Waals surface area contributed by atoms with Crippen LogP contribution in [0.25, 0.3) is 21.8 Å². The molecule has 2 amide bonds. The van der Waals surface area contributed by atoms with E-state index in [0.717, 1.165) is 62.0 Å². The fraction of sp³-hybridized carbons (Fsp3) is 0.149. The number of nitrogens with one attached hydrogen (secondary N) is 2. The molecule has 0 radical (unpaired) electrons. The number of hydrogen-bond donors (Lipinski definition) is 2. The number of benzene rings is 4. The normalized spacial score (nSPS) is 11.3. The number of halogens is 5. The molecule has 4 aromatic carbocycles.